The molecular weight excluding hydrogens is 411 g/mol. The van der Waals surface area contributed by atoms with E-state index in [1.807, 2.05) is 14.0 Å². The Balaban J connectivity index is 1.18. The first-order valence-electron chi connectivity index (χ1n) is 9.60. The van der Waals surface area contributed by atoms with Gasteiger partial charge in [0.25, 0.3) is 5.91 Å². The molecule has 3 saturated carbocycles. The number of nitrogens with one attached hydrogen (secondary N) is 2. The molecule has 10 heteroatoms. The molecule has 156 valence electrons. The number of benzene rings is 1. The standard InChI is InChI=1S/C20H20ClFN6O2/c1-11-16-17(23-10-24-18(16)28(2)27-11)26-20-7-19(8-20,9-20)25-15(29)6-30-12-3-4-13(21)14(22)5-12/h3-5,10H,6-9H2,1-2H3,(H,25,29)(H,23,24,26). The number of rotatable bonds is 6. The van der Waals surface area contributed by atoms with Crippen molar-refractivity contribution in [1.82, 2.24) is 25.1 Å². The molecule has 3 aromatic rings. The third-order valence-corrected chi connectivity index (χ3v) is 6.18. The number of halogens is 2. The van der Waals surface area contributed by atoms with Crippen LogP contribution in [0.15, 0.2) is 24.5 Å². The summed E-state index contributed by atoms with van der Waals surface area (Å²) in [7, 11) is 1.86. The summed E-state index contributed by atoms with van der Waals surface area (Å²) in [5.41, 5.74) is 1.38. The quantitative estimate of drug-likeness (QED) is 0.624. The van der Waals surface area contributed by atoms with Gasteiger partial charge in [0, 0.05) is 24.2 Å². The van der Waals surface area contributed by atoms with Gasteiger partial charge in [0.05, 0.1) is 16.1 Å². The number of anilines is 1. The molecule has 30 heavy (non-hydrogen) atoms. The van der Waals surface area contributed by atoms with Crippen LogP contribution in [0.25, 0.3) is 11.0 Å². The van der Waals surface area contributed by atoms with E-state index >= 15 is 0 Å². The number of fused-ring (bicyclic) bond motifs is 1. The second-order valence-corrected chi connectivity index (χ2v) is 8.67. The smallest absolute Gasteiger partial charge is 0.258 e. The molecule has 0 radical (unpaired) electrons. The van der Waals surface area contributed by atoms with Crippen LogP contribution < -0.4 is 15.4 Å². The Kier molecular flexibility index (Phi) is 4.15. The van der Waals surface area contributed by atoms with Crippen LogP contribution in [0.1, 0.15) is 25.0 Å². The Morgan fingerprint density at radius 1 is 1.30 bits per heavy atom. The lowest BCUT2D eigenvalue weighted by molar-refractivity contribution is -0.135. The molecule has 2 aromatic heterocycles. The van der Waals surface area contributed by atoms with Gasteiger partial charge in [-0.05, 0) is 38.3 Å². The van der Waals surface area contributed by atoms with Gasteiger partial charge >= 0.3 is 0 Å². The van der Waals surface area contributed by atoms with Crippen molar-refractivity contribution in [2.24, 2.45) is 7.05 Å². The normalized spacial score (nSPS) is 24.1. The van der Waals surface area contributed by atoms with E-state index in [1.54, 1.807) is 4.68 Å². The molecule has 0 aliphatic heterocycles. The lowest BCUT2D eigenvalue weighted by atomic mass is 9.44. The van der Waals surface area contributed by atoms with Gasteiger partial charge in [-0.25, -0.2) is 14.4 Å². The Labute approximate surface area is 176 Å². The number of aromatic nitrogens is 4. The van der Waals surface area contributed by atoms with Crippen LogP contribution in [0.5, 0.6) is 5.75 Å². The Hall–Kier alpha value is -2.94. The molecule has 0 atom stereocenters. The molecule has 0 unspecified atom stereocenters. The van der Waals surface area contributed by atoms with E-state index in [0.29, 0.717) is 0 Å². The Morgan fingerprint density at radius 2 is 2.07 bits per heavy atom. The zero-order valence-corrected chi connectivity index (χ0v) is 17.3. The molecule has 2 heterocycles. The minimum atomic E-state index is -0.579. The largest absolute Gasteiger partial charge is 0.484 e. The highest BCUT2D eigenvalue weighted by Gasteiger charge is 2.69. The van der Waals surface area contributed by atoms with Gasteiger partial charge in [0.15, 0.2) is 12.3 Å². The van der Waals surface area contributed by atoms with Crippen molar-refractivity contribution in [1.29, 1.82) is 0 Å². The zero-order valence-electron chi connectivity index (χ0n) is 16.5. The van der Waals surface area contributed by atoms with E-state index in [9.17, 15) is 9.18 Å². The van der Waals surface area contributed by atoms with Gasteiger partial charge in [-0.1, -0.05) is 11.6 Å². The van der Waals surface area contributed by atoms with Crippen LogP contribution in [0.4, 0.5) is 10.2 Å². The van der Waals surface area contributed by atoms with Crippen LogP contribution in [0, 0.1) is 12.7 Å². The van der Waals surface area contributed by atoms with Gasteiger partial charge in [-0.2, -0.15) is 5.10 Å². The van der Waals surface area contributed by atoms with Crippen molar-refractivity contribution >= 4 is 34.4 Å². The highest BCUT2D eigenvalue weighted by Crippen LogP contribution is 2.61. The predicted molar refractivity (Wildman–Crippen MR) is 109 cm³/mol. The van der Waals surface area contributed by atoms with Crippen molar-refractivity contribution in [3.05, 3.63) is 41.1 Å². The molecule has 3 aliphatic rings. The van der Waals surface area contributed by atoms with Crippen molar-refractivity contribution < 1.29 is 13.9 Å². The summed E-state index contributed by atoms with van der Waals surface area (Å²) in [4.78, 5) is 21.0. The zero-order chi connectivity index (χ0) is 21.1. The van der Waals surface area contributed by atoms with E-state index in [2.05, 4.69) is 25.7 Å². The first-order chi connectivity index (χ1) is 14.3. The first kappa shape index (κ1) is 19.0. The summed E-state index contributed by atoms with van der Waals surface area (Å²) in [6.07, 6.45) is 3.97. The van der Waals surface area contributed by atoms with Gasteiger partial charge in [0.1, 0.15) is 23.7 Å². The van der Waals surface area contributed by atoms with Gasteiger partial charge in [0.2, 0.25) is 0 Å². The number of ether oxygens (including phenoxy) is 1. The Morgan fingerprint density at radius 3 is 2.80 bits per heavy atom. The topological polar surface area (TPSA) is 94.0 Å². The highest BCUT2D eigenvalue weighted by molar-refractivity contribution is 6.30. The molecule has 6 rings (SSSR count). The monoisotopic (exact) mass is 430 g/mol. The summed E-state index contributed by atoms with van der Waals surface area (Å²) in [6.45, 7) is 1.76. The summed E-state index contributed by atoms with van der Waals surface area (Å²) < 4.78 is 20.6. The van der Waals surface area contributed by atoms with Gasteiger partial charge < -0.3 is 15.4 Å². The van der Waals surface area contributed by atoms with E-state index in [1.165, 1.54) is 24.5 Å². The molecule has 0 saturated heterocycles. The third-order valence-electron chi connectivity index (χ3n) is 5.88. The van der Waals surface area contributed by atoms with E-state index in [-0.39, 0.29) is 34.4 Å². The van der Waals surface area contributed by atoms with Crippen molar-refractivity contribution in [2.75, 3.05) is 11.9 Å². The highest BCUT2D eigenvalue weighted by atomic mass is 35.5. The second kappa shape index (κ2) is 6.53. The van der Waals surface area contributed by atoms with Crippen LogP contribution >= 0.6 is 11.6 Å². The summed E-state index contributed by atoms with van der Waals surface area (Å²) in [5.74, 6) is 0.233. The number of carbonyl (C=O) groups excluding carboxylic acids is 1. The number of hydrogen-bond donors (Lipinski definition) is 2. The minimum absolute atomic E-state index is 0.0147. The van der Waals surface area contributed by atoms with E-state index < -0.39 is 5.82 Å². The summed E-state index contributed by atoms with van der Waals surface area (Å²) in [6, 6.07) is 4.09. The van der Waals surface area contributed by atoms with Crippen LogP contribution in [0.3, 0.4) is 0 Å². The molecule has 0 spiro atoms. The predicted octanol–water partition coefficient (Wildman–Crippen LogP) is 2.75. The molecule has 2 bridgehead atoms. The fourth-order valence-electron chi connectivity index (χ4n) is 4.72. The minimum Gasteiger partial charge on any atom is -0.484 e. The van der Waals surface area contributed by atoms with Crippen LogP contribution in [-0.4, -0.2) is 43.3 Å². The number of amides is 1. The summed E-state index contributed by atoms with van der Waals surface area (Å²) in [5, 5.41) is 11.9. The molecule has 3 aliphatic carbocycles. The molecule has 3 fully saturated rings. The summed E-state index contributed by atoms with van der Waals surface area (Å²) >= 11 is 5.65. The fraction of sp³-hybridized carbons (Fsp3) is 0.400. The van der Waals surface area contributed by atoms with Gasteiger partial charge in [-0.3, -0.25) is 9.48 Å². The number of carbonyl (C=O) groups is 1. The maximum atomic E-state index is 13.5. The first-order valence-corrected chi connectivity index (χ1v) is 9.97. The number of nitrogens with zero attached hydrogens (tertiary/aromatic N) is 4. The maximum absolute atomic E-state index is 13.5. The van der Waals surface area contributed by atoms with Crippen molar-refractivity contribution in [3.63, 3.8) is 0 Å². The number of hydrogen-bond acceptors (Lipinski definition) is 6. The lowest BCUT2D eigenvalue weighted by Crippen LogP contribution is -2.81. The van der Waals surface area contributed by atoms with E-state index in [0.717, 1.165) is 41.8 Å². The second-order valence-electron chi connectivity index (χ2n) is 8.26. The molecule has 1 amide bonds. The SMILES string of the molecule is Cc1nn(C)c2ncnc(NC34CC(NC(=O)COc5ccc(Cl)c(F)c5)(C3)C4)c12. The van der Waals surface area contributed by atoms with Crippen molar-refractivity contribution in [2.45, 2.75) is 37.3 Å². The number of aryl methyl sites for hydroxylation is 2. The molecule has 2 N–H and O–H groups in total. The average molecular weight is 431 g/mol. The van der Waals surface area contributed by atoms with E-state index in [4.69, 9.17) is 16.3 Å². The Bertz CT molecular complexity index is 1160. The third kappa shape index (κ3) is 3.04. The molecular formula is C20H20ClFN6O2. The molecule has 1 aromatic carbocycles. The van der Waals surface area contributed by atoms with Gasteiger partial charge in [-0.15, -0.1) is 0 Å². The maximum Gasteiger partial charge on any atom is 0.258 e. The molecule has 8 nitrogen and oxygen atoms in total. The van der Waals surface area contributed by atoms with Crippen molar-refractivity contribution in [3.8, 4) is 5.75 Å². The average Bonchev–Trinajstić information content (AvgIpc) is 2.95. The van der Waals surface area contributed by atoms with Crippen LogP contribution in [0.2, 0.25) is 5.02 Å². The lowest BCUT2D eigenvalue weighted by Gasteiger charge is -2.70. The van der Waals surface area contributed by atoms with Crippen LogP contribution in [-0.2, 0) is 11.8 Å². The fourth-order valence-corrected chi connectivity index (χ4v) is 4.84.